The quantitative estimate of drug-likeness (QED) is 0.436. The zero-order valence-electron chi connectivity index (χ0n) is 13.5. The van der Waals surface area contributed by atoms with Crippen molar-refractivity contribution in [3.8, 4) is 0 Å². The molecule has 116 valence electrons. The Labute approximate surface area is 122 Å². The highest BCUT2D eigenvalue weighted by Crippen LogP contribution is 2.26. The van der Waals surface area contributed by atoms with E-state index in [4.69, 9.17) is 0 Å². The van der Waals surface area contributed by atoms with Gasteiger partial charge < -0.3 is 15.5 Å². The molecule has 0 atom stereocenters. The number of hydrogen-bond donors (Lipinski definition) is 2. The Hall–Kier alpha value is -1.10. The van der Waals surface area contributed by atoms with Gasteiger partial charge in [-0.05, 0) is 38.6 Å². The van der Waals surface area contributed by atoms with Crippen LogP contribution in [0.4, 0.5) is 0 Å². The maximum atomic E-state index is 11.9. The van der Waals surface area contributed by atoms with Crippen molar-refractivity contribution in [2.75, 3.05) is 26.2 Å². The molecule has 5 heteroatoms. The van der Waals surface area contributed by atoms with E-state index in [1.54, 1.807) is 0 Å². The minimum atomic E-state index is -0.536. The molecule has 2 N–H and O–H groups in total. The Morgan fingerprint density at radius 3 is 2.15 bits per heavy atom. The fraction of sp³-hybridized carbons (Fsp3) is 0.867. The molecule has 0 saturated carbocycles. The second-order valence-corrected chi connectivity index (χ2v) is 7.53. The highest BCUT2D eigenvalue weighted by molar-refractivity contribution is 6.35. The lowest BCUT2D eigenvalue weighted by atomic mass is 9.82. The summed E-state index contributed by atoms with van der Waals surface area (Å²) in [6.07, 6.45) is 1.71. The Kier molecular flexibility index (Phi) is 5.57. The van der Waals surface area contributed by atoms with E-state index in [0.29, 0.717) is 6.54 Å². The van der Waals surface area contributed by atoms with Gasteiger partial charge in [0.2, 0.25) is 0 Å². The fourth-order valence-electron chi connectivity index (χ4n) is 2.61. The van der Waals surface area contributed by atoms with Gasteiger partial charge in [-0.2, -0.15) is 0 Å². The molecule has 0 aromatic heterocycles. The summed E-state index contributed by atoms with van der Waals surface area (Å²) in [5, 5.41) is 5.49. The molecule has 0 aliphatic carbocycles. The number of nitrogens with zero attached hydrogens (tertiary/aromatic N) is 1. The molecular formula is C15H29N3O2. The summed E-state index contributed by atoms with van der Waals surface area (Å²) in [6, 6.07) is 0. The Morgan fingerprint density at radius 2 is 1.65 bits per heavy atom. The molecule has 0 radical (unpaired) electrons. The number of amides is 2. The molecule has 2 amide bonds. The van der Waals surface area contributed by atoms with Crippen molar-refractivity contribution in [2.24, 2.45) is 5.41 Å². The zero-order chi connectivity index (χ0) is 15.4. The molecule has 5 nitrogen and oxygen atoms in total. The first-order valence-corrected chi connectivity index (χ1v) is 7.42. The summed E-state index contributed by atoms with van der Waals surface area (Å²) in [4.78, 5) is 25.9. The lowest BCUT2D eigenvalue weighted by Crippen LogP contribution is -2.51. The van der Waals surface area contributed by atoms with Crippen molar-refractivity contribution < 1.29 is 9.59 Å². The predicted octanol–water partition coefficient (Wildman–Crippen LogP) is 1.14. The Bertz CT molecular complexity index is 355. The van der Waals surface area contributed by atoms with E-state index in [9.17, 15) is 9.59 Å². The van der Waals surface area contributed by atoms with Gasteiger partial charge in [0, 0.05) is 25.2 Å². The minimum Gasteiger partial charge on any atom is -0.348 e. The number of carbonyl (C=O) groups excluding carboxylic acids is 2. The van der Waals surface area contributed by atoms with E-state index in [0.717, 1.165) is 32.5 Å². The van der Waals surface area contributed by atoms with Gasteiger partial charge in [0.15, 0.2) is 0 Å². The van der Waals surface area contributed by atoms with Crippen LogP contribution >= 0.6 is 0 Å². The third-order valence-corrected chi connectivity index (χ3v) is 3.11. The van der Waals surface area contributed by atoms with E-state index in [-0.39, 0.29) is 11.0 Å². The van der Waals surface area contributed by atoms with E-state index in [2.05, 4.69) is 36.3 Å². The van der Waals surface area contributed by atoms with Crippen LogP contribution < -0.4 is 10.6 Å². The molecule has 0 aromatic carbocycles. The molecule has 1 saturated heterocycles. The van der Waals surface area contributed by atoms with Gasteiger partial charge in [-0.15, -0.1) is 0 Å². The monoisotopic (exact) mass is 283 g/mol. The fourth-order valence-corrected chi connectivity index (χ4v) is 2.61. The normalized spacial score (nSPS) is 15.8. The van der Waals surface area contributed by atoms with Crippen LogP contribution in [0.15, 0.2) is 0 Å². The molecule has 1 heterocycles. The van der Waals surface area contributed by atoms with Crippen LogP contribution in [0.5, 0.6) is 0 Å². The van der Waals surface area contributed by atoms with Crippen molar-refractivity contribution in [1.82, 2.24) is 15.5 Å². The van der Waals surface area contributed by atoms with Gasteiger partial charge in [0.05, 0.1) is 0 Å². The largest absolute Gasteiger partial charge is 0.348 e. The van der Waals surface area contributed by atoms with E-state index >= 15 is 0 Å². The summed E-state index contributed by atoms with van der Waals surface area (Å²) in [5.41, 5.74) is -0.279. The summed E-state index contributed by atoms with van der Waals surface area (Å²) >= 11 is 0. The standard InChI is InChI=1S/C15H29N3O2/c1-14(2,3)11-15(4,5)17-13(20)12(19)16-7-6-8-18-9-10-18/h6-11H2,1-5H3,(H,16,19)(H,17,20). The first-order chi connectivity index (χ1) is 9.09. The van der Waals surface area contributed by atoms with Gasteiger partial charge in [0.1, 0.15) is 0 Å². The number of carbonyl (C=O) groups is 2. The summed E-state index contributed by atoms with van der Waals surface area (Å²) in [6.45, 7) is 14.1. The van der Waals surface area contributed by atoms with Gasteiger partial charge in [-0.3, -0.25) is 9.59 Å². The maximum absolute atomic E-state index is 11.9. The van der Waals surface area contributed by atoms with Crippen molar-refractivity contribution in [1.29, 1.82) is 0 Å². The highest BCUT2D eigenvalue weighted by Gasteiger charge is 2.29. The van der Waals surface area contributed by atoms with Gasteiger partial charge >= 0.3 is 11.8 Å². The first kappa shape index (κ1) is 17.0. The van der Waals surface area contributed by atoms with Crippen LogP contribution in [0.25, 0.3) is 0 Å². The first-order valence-electron chi connectivity index (χ1n) is 7.42. The second-order valence-electron chi connectivity index (χ2n) is 7.53. The molecule has 1 fully saturated rings. The Morgan fingerprint density at radius 1 is 1.05 bits per heavy atom. The second kappa shape index (κ2) is 6.57. The summed E-state index contributed by atoms with van der Waals surface area (Å²) in [7, 11) is 0. The summed E-state index contributed by atoms with van der Waals surface area (Å²) < 4.78 is 0. The van der Waals surface area contributed by atoms with Crippen molar-refractivity contribution in [3.05, 3.63) is 0 Å². The molecule has 0 bridgehead atoms. The van der Waals surface area contributed by atoms with Crippen molar-refractivity contribution >= 4 is 11.8 Å². The van der Waals surface area contributed by atoms with E-state index in [1.807, 2.05) is 13.8 Å². The highest BCUT2D eigenvalue weighted by atomic mass is 16.2. The van der Waals surface area contributed by atoms with Crippen molar-refractivity contribution in [2.45, 2.75) is 53.0 Å². The topological polar surface area (TPSA) is 61.2 Å². The van der Waals surface area contributed by atoms with Crippen LogP contribution in [0.3, 0.4) is 0 Å². The third kappa shape index (κ3) is 7.48. The van der Waals surface area contributed by atoms with Crippen LogP contribution in [-0.4, -0.2) is 48.4 Å². The zero-order valence-corrected chi connectivity index (χ0v) is 13.5. The average molecular weight is 283 g/mol. The lowest BCUT2D eigenvalue weighted by Gasteiger charge is -2.33. The third-order valence-electron chi connectivity index (χ3n) is 3.11. The maximum Gasteiger partial charge on any atom is 0.309 e. The summed E-state index contributed by atoms with van der Waals surface area (Å²) in [5.74, 6) is -1.07. The van der Waals surface area contributed by atoms with Crippen molar-refractivity contribution in [3.63, 3.8) is 0 Å². The molecule has 1 aliphatic heterocycles. The van der Waals surface area contributed by atoms with E-state index in [1.165, 1.54) is 0 Å². The molecule has 0 unspecified atom stereocenters. The molecule has 1 rings (SSSR count). The van der Waals surface area contributed by atoms with Gasteiger partial charge in [0.25, 0.3) is 0 Å². The number of rotatable bonds is 6. The number of hydrogen-bond acceptors (Lipinski definition) is 3. The average Bonchev–Trinajstić information content (AvgIpc) is 3.03. The molecule has 20 heavy (non-hydrogen) atoms. The van der Waals surface area contributed by atoms with Crippen LogP contribution in [-0.2, 0) is 9.59 Å². The predicted molar refractivity (Wildman–Crippen MR) is 80.4 cm³/mol. The molecule has 1 aliphatic rings. The molecule has 0 spiro atoms. The minimum absolute atomic E-state index is 0.103. The van der Waals surface area contributed by atoms with Gasteiger partial charge in [-0.25, -0.2) is 0 Å². The number of nitrogens with one attached hydrogen (secondary N) is 2. The molecule has 0 aromatic rings. The van der Waals surface area contributed by atoms with Crippen LogP contribution in [0.2, 0.25) is 0 Å². The van der Waals surface area contributed by atoms with Gasteiger partial charge in [-0.1, -0.05) is 20.8 Å². The molecular weight excluding hydrogens is 254 g/mol. The lowest BCUT2D eigenvalue weighted by molar-refractivity contribution is -0.140. The van der Waals surface area contributed by atoms with Crippen LogP contribution in [0, 0.1) is 5.41 Å². The Balaban J connectivity index is 2.26. The smallest absolute Gasteiger partial charge is 0.309 e. The SMILES string of the molecule is CC(C)(C)CC(C)(C)NC(=O)C(=O)NCCCN1CC1. The van der Waals surface area contributed by atoms with Crippen LogP contribution in [0.1, 0.15) is 47.5 Å². The van der Waals surface area contributed by atoms with E-state index < -0.39 is 11.8 Å².